The van der Waals surface area contributed by atoms with Gasteiger partial charge >= 0.3 is 0 Å². The maximum absolute atomic E-state index is 10.6. The Morgan fingerprint density at radius 2 is 1.71 bits per heavy atom. The van der Waals surface area contributed by atoms with Gasteiger partial charge in [-0.05, 0) is 29.8 Å². The predicted molar refractivity (Wildman–Crippen MR) is 82.2 cm³/mol. The molecule has 0 bridgehead atoms. The highest BCUT2D eigenvalue weighted by molar-refractivity contribution is 9.10. The number of benzene rings is 2. The second kappa shape index (κ2) is 5.95. The van der Waals surface area contributed by atoms with Gasteiger partial charge in [0, 0.05) is 10.0 Å². The highest BCUT2D eigenvalue weighted by atomic mass is 79.9. The van der Waals surface area contributed by atoms with Crippen LogP contribution in [0.2, 0.25) is 0 Å². The molecule has 1 aliphatic rings. The van der Waals surface area contributed by atoms with Crippen molar-refractivity contribution in [3.63, 3.8) is 0 Å². The van der Waals surface area contributed by atoms with E-state index < -0.39 is 6.10 Å². The van der Waals surface area contributed by atoms with Crippen LogP contribution in [0, 0.1) is 0 Å². The van der Waals surface area contributed by atoms with E-state index >= 15 is 0 Å². The topological polar surface area (TPSA) is 47.9 Å². The van der Waals surface area contributed by atoms with E-state index in [1.807, 2.05) is 36.4 Å². The lowest BCUT2D eigenvalue weighted by atomic mass is 10.0. The van der Waals surface area contributed by atoms with Gasteiger partial charge in [-0.2, -0.15) is 0 Å². The Kier molecular flexibility index (Phi) is 4.03. The molecule has 1 atom stereocenters. The third-order valence-electron chi connectivity index (χ3n) is 3.39. The van der Waals surface area contributed by atoms with Gasteiger partial charge in [-0.3, -0.25) is 0 Å². The van der Waals surface area contributed by atoms with Crippen LogP contribution in [0.5, 0.6) is 17.2 Å². The van der Waals surface area contributed by atoms with Crippen LogP contribution < -0.4 is 14.2 Å². The minimum absolute atomic E-state index is 0.521. The molecule has 4 nitrogen and oxygen atoms in total. The first-order valence-corrected chi connectivity index (χ1v) is 7.39. The van der Waals surface area contributed by atoms with E-state index in [1.54, 1.807) is 7.11 Å². The number of hydrogen-bond acceptors (Lipinski definition) is 4. The Hall–Kier alpha value is -1.72. The SMILES string of the molecule is COc1ccc(C(O)c2cc3c(cc2Br)OCCO3)cc1. The summed E-state index contributed by atoms with van der Waals surface area (Å²) in [6, 6.07) is 11.0. The van der Waals surface area contributed by atoms with E-state index in [-0.39, 0.29) is 0 Å². The number of aliphatic hydroxyl groups excluding tert-OH is 1. The molecule has 110 valence electrons. The van der Waals surface area contributed by atoms with Crippen molar-refractivity contribution in [2.75, 3.05) is 20.3 Å². The molecule has 0 radical (unpaired) electrons. The molecule has 1 aliphatic heterocycles. The largest absolute Gasteiger partial charge is 0.497 e. The van der Waals surface area contributed by atoms with E-state index in [9.17, 15) is 5.11 Å². The van der Waals surface area contributed by atoms with Crippen molar-refractivity contribution < 1.29 is 19.3 Å². The highest BCUT2D eigenvalue weighted by Gasteiger charge is 2.20. The first-order chi connectivity index (χ1) is 10.2. The Bertz CT molecular complexity index is 639. The Balaban J connectivity index is 1.94. The van der Waals surface area contributed by atoms with Gasteiger partial charge in [0.15, 0.2) is 11.5 Å². The third kappa shape index (κ3) is 2.84. The van der Waals surface area contributed by atoms with E-state index in [0.717, 1.165) is 21.3 Å². The first-order valence-electron chi connectivity index (χ1n) is 6.60. The molecule has 0 saturated heterocycles. The van der Waals surface area contributed by atoms with Crippen LogP contribution in [0.4, 0.5) is 0 Å². The summed E-state index contributed by atoms with van der Waals surface area (Å²) >= 11 is 3.48. The average molecular weight is 351 g/mol. The maximum Gasteiger partial charge on any atom is 0.162 e. The van der Waals surface area contributed by atoms with Crippen molar-refractivity contribution in [3.05, 3.63) is 52.0 Å². The minimum atomic E-state index is -0.749. The lowest BCUT2D eigenvalue weighted by molar-refractivity contribution is 0.169. The van der Waals surface area contributed by atoms with Crippen LogP contribution in [-0.2, 0) is 0 Å². The number of hydrogen-bond donors (Lipinski definition) is 1. The molecule has 0 fully saturated rings. The van der Waals surface area contributed by atoms with Crippen molar-refractivity contribution in [2.45, 2.75) is 6.10 Å². The van der Waals surface area contributed by atoms with Gasteiger partial charge in [-0.25, -0.2) is 0 Å². The standard InChI is InChI=1S/C16H15BrO4/c1-19-11-4-2-10(3-5-11)16(18)12-8-14-15(9-13(12)17)21-7-6-20-14/h2-5,8-9,16,18H,6-7H2,1H3. The molecule has 5 heteroatoms. The lowest BCUT2D eigenvalue weighted by Gasteiger charge is -2.21. The summed E-state index contributed by atoms with van der Waals surface area (Å²) in [7, 11) is 1.61. The van der Waals surface area contributed by atoms with Crippen LogP contribution in [-0.4, -0.2) is 25.4 Å². The predicted octanol–water partition coefficient (Wildman–Crippen LogP) is 3.31. The first kappa shape index (κ1) is 14.2. The van der Waals surface area contributed by atoms with Crippen molar-refractivity contribution in [3.8, 4) is 17.2 Å². The molecule has 3 rings (SSSR count). The smallest absolute Gasteiger partial charge is 0.162 e. The normalized spacial score (nSPS) is 14.6. The molecule has 1 heterocycles. The molecule has 0 spiro atoms. The fourth-order valence-electron chi connectivity index (χ4n) is 2.26. The number of ether oxygens (including phenoxy) is 3. The van der Waals surface area contributed by atoms with Gasteiger partial charge in [0.2, 0.25) is 0 Å². The quantitative estimate of drug-likeness (QED) is 0.922. The summed E-state index contributed by atoms with van der Waals surface area (Å²) in [6.45, 7) is 1.06. The molecule has 0 saturated carbocycles. The second-order valence-electron chi connectivity index (χ2n) is 4.69. The van der Waals surface area contributed by atoms with E-state index in [0.29, 0.717) is 24.7 Å². The zero-order chi connectivity index (χ0) is 14.8. The van der Waals surface area contributed by atoms with Gasteiger partial charge in [0.1, 0.15) is 25.1 Å². The molecule has 1 N–H and O–H groups in total. The summed E-state index contributed by atoms with van der Waals surface area (Å²) in [5, 5.41) is 10.6. The van der Waals surface area contributed by atoms with E-state index in [4.69, 9.17) is 14.2 Å². The summed E-state index contributed by atoms with van der Waals surface area (Å²) < 4.78 is 17.0. The highest BCUT2D eigenvalue weighted by Crippen LogP contribution is 2.39. The van der Waals surface area contributed by atoms with Crippen molar-refractivity contribution in [2.24, 2.45) is 0 Å². The zero-order valence-electron chi connectivity index (χ0n) is 11.5. The Labute approximate surface area is 131 Å². The Morgan fingerprint density at radius 1 is 1.10 bits per heavy atom. The van der Waals surface area contributed by atoms with Crippen LogP contribution in [0.25, 0.3) is 0 Å². The van der Waals surface area contributed by atoms with Crippen LogP contribution in [0.1, 0.15) is 17.2 Å². The average Bonchev–Trinajstić information content (AvgIpc) is 2.53. The number of aliphatic hydroxyl groups is 1. The van der Waals surface area contributed by atoms with Gasteiger partial charge in [0.25, 0.3) is 0 Å². The lowest BCUT2D eigenvalue weighted by Crippen LogP contribution is -2.16. The second-order valence-corrected chi connectivity index (χ2v) is 5.55. The summed E-state index contributed by atoms with van der Waals surface area (Å²) in [4.78, 5) is 0. The molecule has 0 aromatic heterocycles. The fourth-order valence-corrected chi connectivity index (χ4v) is 2.79. The summed E-state index contributed by atoms with van der Waals surface area (Å²) in [5.74, 6) is 2.11. The summed E-state index contributed by atoms with van der Waals surface area (Å²) in [6.07, 6.45) is -0.749. The maximum atomic E-state index is 10.6. The van der Waals surface area contributed by atoms with Gasteiger partial charge in [-0.1, -0.05) is 28.1 Å². The molecule has 0 aliphatic carbocycles. The fraction of sp³-hybridized carbons (Fsp3) is 0.250. The van der Waals surface area contributed by atoms with E-state index in [2.05, 4.69) is 15.9 Å². The molecule has 0 amide bonds. The molecule has 2 aromatic rings. The number of methoxy groups -OCH3 is 1. The van der Waals surface area contributed by atoms with Crippen molar-refractivity contribution >= 4 is 15.9 Å². The monoisotopic (exact) mass is 350 g/mol. The van der Waals surface area contributed by atoms with Gasteiger partial charge in [0.05, 0.1) is 7.11 Å². The van der Waals surface area contributed by atoms with E-state index in [1.165, 1.54) is 0 Å². The number of halogens is 1. The molecular formula is C16H15BrO4. The van der Waals surface area contributed by atoms with Gasteiger partial charge < -0.3 is 19.3 Å². The molecule has 21 heavy (non-hydrogen) atoms. The molecule has 2 aromatic carbocycles. The van der Waals surface area contributed by atoms with Crippen LogP contribution >= 0.6 is 15.9 Å². The van der Waals surface area contributed by atoms with Crippen LogP contribution in [0.15, 0.2) is 40.9 Å². The Morgan fingerprint density at radius 3 is 2.33 bits per heavy atom. The molecular weight excluding hydrogens is 336 g/mol. The van der Waals surface area contributed by atoms with Gasteiger partial charge in [-0.15, -0.1) is 0 Å². The number of fused-ring (bicyclic) bond motifs is 1. The minimum Gasteiger partial charge on any atom is -0.497 e. The number of rotatable bonds is 3. The summed E-state index contributed by atoms with van der Waals surface area (Å²) in [5.41, 5.74) is 1.53. The zero-order valence-corrected chi connectivity index (χ0v) is 13.1. The third-order valence-corrected chi connectivity index (χ3v) is 4.07. The molecule has 1 unspecified atom stereocenters. The van der Waals surface area contributed by atoms with Crippen LogP contribution in [0.3, 0.4) is 0 Å². The van der Waals surface area contributed by atoms with Crippen molar-refractivity contribution in [1.29, 1.82) is 0 Å². The van der Waals surface area contributed by atoms with Crippen molar-refractivity contribution in [1.82, 2.24) is 0 Å².